The minimum absolute atomic E-state index is 0.187. The summed E-state index contributed by atoms with van der Waals surface area (Å²) in [6.07, 6.45) is -5.21. The summed E-state index contributed by atoms with van der Waals surface area (Å²) in [6, 6.07) is 9.52. The highest BCUT2D eigenvalue weighted by atomic mass is 19.4. The Morgan fingerprint density at radius 3 is 2.55 bits per heavy atom. The molecule has 1 fully saturated rings. The largest absolute Gasteiger partial charge is 0.466 e. The van der Waals surface area contributed by atoms with Gasteiger partial charge in [0.2, 0.25) is 0 Å². The predicted molar refractivity (Wildman–Crippen MR) is 76.0 cm³/mol. The van der Waals surface area contributed by atoms with Crippen molar-refractivity contribution in [2.75, 3.05) is 19.7 Å². The summed E-state index contributed by atoms with van der Waals surface area (Å²) < 4.78 is 43.1. The number of hydrogen-bond acceptors (Lipinski definition) is 3. The number of carbonyl (C=O) groups is 1. The summed E-state index contributed by atoms with van der Waals surface area (Å²) >= 11 is 0. The van der Waals surface area contributed by atoms with Crippen LogP contribution in [0, 0.1) is 11.8 Å². The van der Waals surface area contributed by atoms with Crippen molar-refractivity contribution in [3.8, 4) is 0 Å². The Bertz CT molecular complexity index is 490. The fourth-order valence-electron chi connectivity index (χ4n) is 2.95. The second-order valence-electron chi connectivity index (χ2n) is 5.62. The standard InChI is InChI=1S/C16H20F3NO2/c1-2-22-15(21)14-11-20(9-12-6-4-3-5-7-12)10-13(14)8-16(17,18)19/h3-7,13-14H,2,8-11H2,1H3/t13-,14-/m0/s1. The van der Waals surface area contributed by atoms with Gasteiger partial charge in [-0.05, 0) is 18.4 Å². The first-order valence-electron chi connectivity index (χ1n) is 7.38. The first-order valence-corrected chi connectivity index (χ1v) is 7.38. The smallest absolute Gasteiger partial charge is 0.389 e. The molecule has 1 aliphatic rings. The maximum atomic E-state index is 12.7. The Morgan fingerprint density at radius 2 is 1.95 bits per heavy atom. The second-order valence-corrected chi connectivity index (χ2v) is 5.62. The highest BCUT2D eigenvalue weighted by Crippen LogP contribution is 2.35. The van der Waals surface area contributed by atoms with Crippen molar-refractivity contribution in [2.24, 2.45) is 11.8 Å². The lowest BCUT2D eigenvalue weighted by atomic mass is 9.93. The number of likely N-dealkylation sites (tertiary alicyclic amines) is 1. The third-order valence-corrected chi connectivity index (χ3v) is 3.85. The Morgan fingerprint density at radius 1 is 1.27 bits per heavy atom. The van der Waals surface area contributed by atoms with Gasteiger partial charge in [0.15, 0.2) is 0 Å². The number of esters is 1. The van der Waals surface area contributed by atoms with E-state index in [2.05, 4.69) is 0 Å². The van der Waals surface area contributed by atoms with Gasteiger partial charge in [-0.15, -0.1) is 0 Å². The number of alkyl halides is 3. The SMILES string of the molecule is CCOC(=O)[C@H]1CN(Cc2ccccc2)C[C@@H]1CC(F)(F)F. The quantitative estimate of drug-likeness (QED) is 0.781. The molecular formula is C16H20F3NO2. The maximum absolute atomic E-state index is 12.7. The zero-order chi connectivity index (χ0) is 16.2. The molecule has 1 heterocycles. The van der Waals surface area contributed by atoms with Crippen LogP contribution in [-0.2, 0) is 16.1 Å². The van der Waals surface area contributed by atoms with Crippen molar-refractivity contribution in [3.63, 3.8) is 0 Å². The molecule has 3 nitrogen and oxygen atoms in total. The summed E-state index contributed by atoms with van der Waals surface area (Å²) in [7, 11) is 0. The minimum Gasteiger partial charge on any atom is -0.466 e. The molecule has 2 rings (SSSR count). The van der Waals surface area contributed by atoms with Crippen LogP contribution in [0.1, 0.15) is 18.9 Å². The van der Waals surface area contributed by atoms with Crippen LogP contribution < -0.4 is 0 Å². The van der Waals surface area contributed by atoms with Crippen LogP contribution in [0.25, 0.3) is 0 Å². The Balaban J connectivity index is 2.05. The molecule has 0 saturated carbocycles. The molecule has 0 spiro atoms. The summed E-state index contributed by atoms with van der Waals surface area (Å²) in [5, 5.41) is 0. The normalized spacial score (nSPS) is 22.7. The average Bonchev–Trinajstić information content (AvgIpc) is 2.80. The molecule has 1 aromatic carbocycles. The first-order chi connectivity index (χ1) is 10.4. The summed E-state index contributed by atoms with van der Waals surface area (Å²) in [5.41, 5.74) is 1.03. The van der Waals surface area contributed by atoms with Gasteiger partial charge in [-0.3, -0.25) is 9.69 Å². The van der Waals surface area contributed by atoms with E-state index < -0.39 is 30.4 Å². The number of ether oxygens (including phenoxy) is 1. The topological polar surface area (TPSA) is 29.5 Å². The zero-order valence-corrected chi connectivity index (χ0v) is 12.5. The number of benzene rings is 1. The van der Waals surface area contributed by atoms with E-state index in [1.165, 1.54) is 0 Å². The molecule has 0 aliphatic carbocycles. The summed E-state index contributed by atoms with van der Waals surface area (Å²) in [6.45, 7) is 2.97. The van der Waals surface area contributed by atoms with Gasteiger partial charge in [-0.25, -0.2) is 0 Å². The number of nitrogens with zero attached hydrogens (tertiary/aromatic N) is 1. The van der Waals surface area contributed by atoms with Gasteiger partial charge in [0, 0.05) is 26.1 Å². The van der Waals surface area contributed by atoms with Gasteiger partial charge in [0.25, 0.3) is 0 Å². The number of carbonyl (C=O) groups excluding carboxylic acids is 1. The third-order valence-electron chi connectivity index (χ3n) is 3.85. The monoisotopic (exact) mass is 315 g/mol. The van der Waals surface area contributed by atoms with Gasteiger partial charge in [0.05, 0.1) is 12.5 Å². The highest BCUT2D eigenvalue weighted by molar-refractivity contribution is 5.73. The third kappa shape index (κ3) is 4.73. The average molecular weight is 315 g/mol. The van der Waals surface area contributed by atoms with Crippen LogP contribution in [0.5, 0.6) is 0 Å². The van der Waals surface area contributed by atoms with Gasteiger partial charge in [-0.2, -0.15) is 13.2 Å². The van der Waals surface area contributed by atoms with Crippen molar-refractivity contribution < 1.29 is 22.7 Å². The fraction of sp³-hybridized carbons (Fsp3) is 0.562. The van der Waals surface area contributed by atoms with Crippen LogP contribution in [-0.4, -0.2) is 36.7 Å². The van der Waals surface area contributed by atoms with Crippen molar-refractivity contribution in [2.45, 2.75) is 26.1 Å². The molecule has 0 N–H and O–H groups in total. The summed E-state index contributed by atoms with van der Waals surface area (Å²) in [5.74, 6) is -1.96. The van der Waals surface area contributed by atoms with Crippen molar-refractivity contribution in [1.29, 1.82) is 0 Å². The molecule has 1 aromatic rings. The van der Waals surface area contributed by atoms with Gasteiger partial charge >= 0.3 is 12.1 Å². The first kappa shape index (κ1) is 16.8. The molecule has 0 unspecified atom stereocenters. The predicted octanol–water partition coefficient (Wildman–Crippen LogP) is 3.25. The molecule has 0 aromatic heterocycles. The molecule has 0 amide bonds. The zero-order valence-electron chi connectivity index (χ0n) is 12.5. The second kappa shape index (κ2) is 7.13. The van der Waals surface area contributed by atoms with Crippen LogP contribution in [0.15, 0.2) is 30.3 Å². The van der Waals surface area contributed by atoms with E-state index >= 15 is 0 Å². The molecule has 22 heavy (non-hydrogen) atoms. The Hall–Kier alpha value is -1.56. The molecule has 0 bridgehead atoms. The minimum atomic E-state index is -4.27. The Kier molecular flexibility index (Phi) is 5.45. The number of rotatable bonds is 5. The van der Waals surface area contributed by atoms with E-state index in [-0.39, 0.29) is 13.2 Å². The lowest BCUT2D eigenvalue weighted by Gasteiger charge is -2.18. The van der Waals surface area contributed by atoms with E-state index in [1.54, 1.807) is 6.92 Å². The van der Waals surface area contributed by atoms with Gasteiger partial charge in [-0.1, -0.05) is 30.3 Å². The summed E-state index contributed by atoms with van der Waals surface area (Å²) in [4.78, 5) is 13.8. The van der Waals surface area contributed by atoms with Crippen molar-refractivity contribution >= 4 is 5.97 Å². The molecule has 6 heteroatoms. The van der Waals surface area contributed by atoms with Crippen LogP contribution in [0.4, 0.5) is 13.2 Å². The van der Waals surface area contributed by atoms with Gasteiger partial charge in [0.1, 0.15) is 0 Å². The lowest BCUT2D eigenvalue weighted by Crippen LogP contribution is -2.28. The molecule has 1 saturated heterocycles. The van der Waals surface area contributed by atoms with E-state index in [1.807, 2.05) is 35.2 Å². The van der Waals surface area contributed by atoms with E-state index in [4.69, 9.17) is 4.74 Å². The Labute approximate surface area is 128 Å². The number of hydrogen-bond donors (Lipinski definition) is 0. The van der Waals surface area contributed by atoms with Crippen LogP contribution in [0.3, 0.4) is 0 Å². The van der Waals surface area contributed by atoms with Crippen molar-refractivity contribution in [3.05, 3.63) is 35.9 Å². The van der Waals surface area contributed by atoms with Crippen LogP contribution in [0.2, 0.25) is 0 Å². The van der Waals surface area contributed by atoms with E-state index in [9.17, 15) is 18.0 Å². The molecule has 2 atom stereocenters. The molecular weight excluding hydrogens is 295 g/mol. The van der Waals surface area contributed by atoms with E-state index in [0.717, 1.165) is 5.56 Å². The maximum Gasteiger partial charge on any atom is 0.389 e. The van der Waals surface area contributed by atoms with Crippen molar-refractivity contribution in [1.82, 2.24) is 4.90 Å². The lowest BCUT2D eigenvalue weighted by molar-refractivity contribution is -0.158. The molecule has 0 radical (unpaired) electrons. The molecule has 1 aliphatic heterocycles. The van der Waals surface area contributed by atoms with E-state index in [0.29, 0.717) is 13.1 Å². The highest BCUT2D eigenvalue weighted by Gasteiger charge is 2.44. The van der Waals surface area contributed by atoms with Crippen LogP contribution >= 0.6 is 0 Å². The molecule has 122 valence electrons. The van der Waals surface area contributed by atoms with Gasteiger partial charge < -0.3 is 4.74 Å². The number of halogens is 3. The fourth-order valence-corrected chi connectivity index (χ4v) is 2.95.